The molecule has 6 heteroatoms. The van der Waals surface area contributed by atoms with E-state index in [0.717, 1.165) is 42.4 Å². The third-order valence-electron chi connectivity index (χ3n) is 5.06. The SMILES string of the molecule is O=C(N[C@@H](Cc1c[nH]c2ccccc12)C(=O)N1CCCC1)Oc1ccccc1. The number of ether oxygens (including phenoxy) is 1. The van der Waals surface area contributed by atoms with Gasteiger partial charge in [0, 0.05) is 36.6 Å². The van der Waals surface area contributed by atoms with Gasteiger partial charge in [0.1, 0.15) is 11.8 Å². The highest BCUT2D eigenvalue weighted by molar-refractivity contribution is 5.88. The number of nitrogens with zero attached hydrogens (tertiary/aromatic N) is 1. The highest BCUT2D eigenvalue weighted by Gasteiger charge is 2.29. The molecule has 0 radical (unpaired) electrons. The van der Waals surface area contributed by atoms with E-state index in [-0.39, 0.29) is 5.91 Å². The molecule has 0 aliphatic carbocycles. The maximum absolute atomic E-state index is 13.0. The maximum Gasteiger partial charge on any atom is 0.413 e. The Hall–Kier alpha value is -3.28. The number of amides is 2. The van der Waals surface area contributed by atoms with Gasteiger partial charge in [0.25, 0.3) is 0 Å². The van der Waals surface area contributed by atoms with E-state index >= 15 is 0 Å². The van der Waals surface area contributed by atoms with Crippen molar-refractivity contribution in [1.29, 1.82) is 0 Å². The first-order chi connectivity index (χ1) is 13.7. The van der Waals surface area contributed by atoms with E-state index in [2.05, 4.69) is 10.3 Å². The third kappa shape index (κ3) is 4.01. The Morgan fingerprint density at radius 2 is 1.75 bits per heavy atom. The molecule has 2 amide bonds. The number of aromatic amines is 1. The molecule has 1 aliphatic rings. The zero-order valence-electron chi connectivity index (χ0n) is 15.6. The minimum Gasteiger partial charge on any atom is -0.410 e. The van der Waals surface area contributed by atoms with Crippen LogP contribution in [0.3, 0.4) is 0 Å². The lowest BCUT2D eigenvalue weighted by Crippen LogP contribution is -2.49. The average Bonchev–Trinajstić information content (AvgIpc) is 3.38. The molecule has 1 atom stereocenters. The lowest BCUT2D eigenvalue weighted by Gasteiger charge is -2.23. The number of para-hydroxylation sites is 2. The highest BCUT2D eigenvalue weighted by Crippen LogP contribution is 2.20. The van der Waals surface area contributed by atoms with Gasteiger partial charge >= 0.3 is 6.09 Å². The van der Waals surface area contributed by atoms with E-state index in [4.69, 9.17) is 4.74 Å². The van der Waals surface area contributed by atoms with Crippen LogP contribution in [0.5, 0.6) is 5.75 Å². The van der Waals surface area contributed by atoms with Crippen molar-refractivity contribution >= 4 is 22.9 Å². The zero-order valence-corrected chi connectivity index (χ0v) is 15.6. The fraction of sp³-hybridized carbons (Fsp3) is 0.273. The molecule has 0 unspecified atom stereocenters. The number of likely N-dealkylation sites (tertiary alicyclic amines) is 1. The fourth-order valence-electron chi connectivity index (χ4n) is 3.65. The van der Waals surface area contributed by atoms with Crippen LogP contribution in [0.15, 0.2) is 60.8 Å². The third-order valence-corrected chi connectivity index (χ3v) is 5.06. The molecule has 2 aromatic carbocycles. The van der Waals surface area contributed by atoms with Crippen LogP contribution in [0.1, 0.15) is 18.4 Å². The average molecular weight is 377 g/mol. The Kier molecular flexibility index (Phi) is 5.28. The van der Waals surface area contributed by atoms with Gasteiger partial charge in [-0.2, -0.15) is 0 Å². The number of fused-ring (bicyclic) bond motifs is 1. The van der Waals surface area contributed by atoms with Crippen molar-refractivity contribution in [1.82, 2.24) is 15.2 Å². The number of carbonyl (C=O) groups is 2. The summed E-state index contributed by atoms with van der Waals surface area (Å²) < 4.78 is 5.34. The van der Waals surface area contributed by atoms with Gasteiger partial charge in [-0.3, -0.25) is 4.79 Å². The van der Waals surface area contributed by atoms with E-state index in [1.54, 1.807) is 24.3 Å². The Morgan fingerprint density at radius 1 is 1.04 bits per heavy atom. The molecule has 144 valence electrons. The lowest BCUT2D eigenvalue weighted by molar-refractivity contribution is -0.132. The Balaban J connectivity index is 1.53. The van der Waals surface area contributed by atoms with E-state index < -0.39 is 12.1 Å². The highest BCUT2D eigenvalue weighted by atomic mass is 16.6. The summed E-state index contributed by atoms with van der Waals surface area (Å²) >= 11 is 0. The molecule has 1 saturated heterocycles. The first-order valence-electron chi connectivity index (χ1n) is 9.58. The fourth-order valence-corrected chi connectivity index (χ4v) is 3.65. The van der Waals surface area contributed by atoms with Crippen molar-refractivity contribution in [2.45, 2.75) is 25.3 Å². The molecule has 1 aromatic heterocycles. The summed E-state index contributed by atoms with van der Waals surface area (Å²) in [5.41, 5.74) is 2.00. The number of benzene rings is 2. The van der Waals surface area contributed by atoms with Crippen molar-refractivity contribution in [3.63, 3.8) is 0 Å². The topological polar surface area (TPSA) is 74.4 Å². The molecule has 0 bridgehead atoms. The van der Waals surface area contributed by atoms with Crippen LogP contribution in [0, 0.1) is 0 Å². The second-order valence-electron chi connectivity index (χ2n) is 7.00. The quantitative estimate of drug-likeness (QED) is 0.715. The van der Waals surface area contributed by atoms with Crippen LogP contribution in [0.2, 0.25) is 0 Å². The van der Waals surface area contributed by atoms with E-state index in [0.29, 0.717) is 12.2 Å². The molecule has 1 aliphatic heterocycles. The molecule has 2 heterocycles. The predicted molar refractivity (Wildman–Crippen MR) is 107 cm³/mol. The van der Waals surface area contributed by atoms with Crippen LogP contribution < -0.4 is 10.1 Å². The molecule has 0 spiro atoms. The first kappa shape index (κ1) is 18.1. The summed E-state index contributed by atoms with van der Waals surface area (Å²) in [5, 5.41) is 3.83. The van der Waals surface area contributed by atoms with E-state index in [9.17, 15) is 9.59 Å². The van der Waals surface area contributed by atoms with Crippen LogP contribution in [-0.4, -0.2) is 41.0 Å². The Bertz CT molecular complexity index is 961. The minimum atomic E-state index is -0.673. The van der Waals surface area contributed by atoms with Gasteiger partial charge in [0.05, 0.1) is 0 Å². The maximum atomic E-state index is 13.0. The Labute approximate surface area is 163 Å². The molecule has 3 aromatic rings. The van der Waals surface area contributed by atoms with Crippen LogP contribution in [0.25, 0.3) is 10.9 Å². The van der Waals surface area contributed by atoms with Crippen LogP contribution in [-0.2, 0) is 11.2 Å². The second-order valence-corrected chi connectivity index (χ2v) is 7.00. The van der Waals surface area contributed by atoms with Gasteiger partial charge in [0.15, 0.2) is 0 Å². The number of aromatic nitrogens is 1. The smallest absolute Gasteiger partial charge is 0.410 e. The van der Waals surface area contributed by atoms with E-state index in [1.807, 2.05) is 41.4 Å². The first-order valence-corrected chi connectivity index (χ1v) is 9.58. The molecule has 4 rings (SSSR count). The number of nitrogens with one attached hydrogen (secondary N) is 2. The standard InChI is InChI=1S/C22H23N3O3/c26-21(25-12-6-7-13-25)20(24-22(27)28-17-8-2-1-3-9-17)14-16-15-23-19-11-5-4-10-18(16)19/h1-5,8-11,15,20,23H,6-7,12-14H2,(H,24,27)/t20-/m0/s1. The normalized spacial score (nSPS) is 14.8. The molecular formula is C22H23N3O3. The molecule has 1 fully saturated rings. The minimum absolute atomic E-state index is 0.0622. The second kappa shape index (κ2) is 8.17. The van der Waals surface area contributed by atoms with Crippen molar-refractivity contribution in [3.8, 4) is 5.75 Å². The van der Waals surface area contributed by atoms with Crippen LogP contribution in [0.4, 0.5) is 4.79 Å². The van der Waals surface area contributed by atoms with Crippen molar-refractivity contribution < 1.29 is 14.3 Å². The molecule has 28 heavy (non-hydrogen) atoms. The molecular weight excluding hydrogens is 354 g/mol. The molecule has 0 saturated carbocycles. The monoisotopic (exact) mass is 377 g/mol. The Morgan fingerprint density at radius 3 is 2.54 bits per heavy atom. The summed E-state index contributed by atoms with van der Waals surface area (Å²) in [6.07, 6.45) is 3.69. The number of hydrogen-bond donors (Lipinski definition) is 2. The number of hydrogen-bond acceptors (Lipinski definition) is 3. The largest absolute Gasteiger partial charge is 0.413 e. The predicted octanol–water partition coefficient (Wildman–Crippen LogP) is 3.49. The number of carbonyl (C=O) groups excluding carboxylic acids is 2. The van der Waals surface area contributed by atoms with Crippen molar-refractivity contribution in [2.75, 3.05) is 13.1 Å². The summed E-state index contributed by atoms with van der Waals surface area (Å²) in [5.74, 6) is 0.382. The van der Waals surface area contributed by atoms with Gasteiger partial charge in [-0.1, -0.05) is 36.4 Å². The van der Waals surface area contributed by atoms with Gasteiger partial charge in [-0.15, -0.1) is 0 Å². The summed E-state index contributed by atoms with van der Waals surface area (Å²) in [4.78, 5) is 30.5. The van der Waals surface area contributed by atoms with Crippen molar-refractivity contribution in [3.05, 3.63) is 66.4 Å². The molecule has 2 N–H and O–H groups in total. The molecule has 6 nitrogen and oxygen atoms in total. The van der Waals surface area contributed by atoms with Gasteiger partial charge in [-0.25, -0.2) is 4.79 Å². The number of rotatable bonds is 5. The van der Waals surface area contributed by atoms with E-state index in [1.165, 1.54) is 0 Å². The van der Waals surface area contributed by atoms with Gasteiger partial charge < -0.3 is 19.9 Å². The van der Waals surface area contributed by atoms with Gasteiger partial charge in [-0.05, 0) is 36.6 Å². The van der Waals surface area contributed by atoms with Crippen molar-refractivity contribution in [2.24, 2.45) is 0 Å². The zero-order chi connectivity index (χ0) is 19.3. The van der Waals surface area contributed by atoms with Crippen LogP contribution >= 0.6 is 0 Å². The summed E-state index contributed by atoms with van der Waals surface area (Å²) in [6, 6.07) is 16.1. The summed E-state index contributed by atoms with van der Waals surface area (Å²) in [7, 11) is 0. The lowest BCUT2D eigenvalue weighted by atomic mass is 10.0. The number of H-pyrrole nitrogens is 1. The summed E-state index contributed by atoms with van der Waals surface area (Å²) in [6.45, 7) is 1.47. The van der Waals surface area contributed by atoms with Gasteiger partial charge in [0.2, 0.25) is 5.91 Å².